The predicted molar refractivity (Wildman–Crippen MR) is 25.7 cm³/mol. The Morgan fingerprint density at radius 3 is 2.25 bits per heavy atom. The molecule has 0 saturated carbocycles. The Hall–Kier alpha value is 0.560. The summed E-state index contributed by atoms with van der Waals surface area (Å²) in [6.45, 7) is 3.87. The van der Waals surface area contributed by atoms with Crippen LogP contribution in [0.15, 0.2) is 0 Å². The molecule has 0 nitrogen and oxygen atoms in total. The fourth-order valence-electron chi connectivity index (χ4n) is 0. The summed E-state index contributed by atoms with van der Waals surface area (Å²) >= 11 is 0. The fraction of sp³-hybridized carbons (Fsp3) is 1.00. The fourth-order valence-corrected chi connectivity index (χ4v) is 0. The Balaban J connectivity index is 1.97. The summed E-state index contributed by atoms with van der Waals surface area (Å²) in [5.74, 6) is 0. The van der Waals surface area contributed by atoms with Gasteiger partial charge >= 0.3 is 0 Å². The minimum absolute atomic E-state index is 0.515. The summed E-state index contributed by atoms with van der Waals surface area (Å²) in [7, 11) is 5.52. The quantitative estimate of drug-likeness (QED) is 0.309. The van der Waals surface area contributed by atoms with Crippen LogP contribution in [0, 0.1) is 0 Å². The zero-order valence-electron chi connectivity index (χ0n) is 2.65. The summed E-state index contributed by atoms with van der Waals surface area (Å²) in [5.41, 5.74) is 0. The number of hydrogen-bond donors (Lipinski definition) is 0. The molecule has 3 heteroatoms. The van der Waals surface area contributed by atoms with Gasteiger partial charge in [0.2, 0.25) is 0 Å². The molecular formula is CH4B2P. The highest BCUT2D eigenvalue weighted by molar-refractivity contribution is 7.90. The molecule has 0 aromatic heterocycles. The van der Waals surface area contributed by atoms with Crippen LogP contribution in [0.5, 0.6) is 0 Å². The summed E-state index contributed by atoms with van der Waals surface area (Å²) in [4.78, 5) is 0. The van der Waals surface area contributed by atoms with Crippen molar-refractivity contribution in [1.29, 1.82) is 0 Å². The molecule has 0 aromatic rings. The molecular weight excluding hydrogens is 64.6 g/mol. The second kappa shape index (κ2) is 3.56. The lowest BCUT2D eigenvalue weighted by molar-refractivity contribution is 2.38. The van der Waals surface area contributed by atoms with Crippen LogP contribution in [0.2, 0.25) is 6.82 Å². The van der Waals surface area contributed by atoms with Crippen molar-refractivity contribution in [3.8, 4) is 0 Å². The zero-order chi connectivity index (χ0) is 3.41. The van der Waals surface area contributed by atoms with Crippen LogP contribution in [-0.4, -0.2) is 14.6 Å². The van der Waals surface area contributed by atoms with Crippen molar-refractivity contribution in [3.63, 3.8) is 0 Å². The van der Waals surface area contributed by atoms with Gasteiger partial charge in [-0.15, -0.1) is 0 Å². The van der Waals surface area contributed by atoms with Crippen molar-refractivity contribution < 1.29 is 0 Å². The van der Waals surface area contributed by atoms with E-state index in [4.69, 9.17) is 7.57 Å². The van der Waals surface area contributed by atoms with E-state index in [0.29, 0.717) is 8.34 Å². The van der Waals surface area contributed by atoms with Crippen LogP contribution < -0.4 is 0 Å². The molecule has 0 aliphatic heterocycles. The standard InChI is InChI=1S/CH4B2P/c1-3-4-2/h4H,1H3. The van der Waals surface area contributed by atoms with E-state index in [-0.39, 0.29) is 0 Å². The highest BCUT2D eigenvalue weighted by Gasteiger charge is 1.60. The van der Waals surface area contributed by atoms with E-state index >= 15 is 0 Å². The first-order chi connectivity index (χ1) is 1.91. The van der Waals surface area contributed by atoms with Gasteiger partial charge in [-0.3, -0.25) is 0 Å². The van der Waals surface area contributed by atoms with Crippen molar-refractivity contribution in [1.82, 2.24) is 0 Å². The van der Waals surface area contributed by atoms with Crippen LogP contribution in [0.4, 0.5) is 0 Å². The van der Waals surface area contributed by atoms with Crippen molar-refractivity contribution in [3.05, 3.63) is 0 Å². The van der Waals surface area contributed by atoms with Gasteiger partial charge in [0.05, 0.1) is 7.57 Å². The van der Waals surface area contributed by atoms with E-state index in [9.17, 15) is 0 Å². The zero-order valence-corrected chi connectivity index (χ0v) is 3.65. The van der Waals surface area contributed by atoms with Gasteiger partial charge in [-0.2, -0.15) is 0 Å². The normalized spacial score (nSPS) is 9.25. The SMILES string of the molecule is [B]P[B]C. The molecule has 4 heavy (non-hydrogen) atoms. The number of rotatable bonds is 1. The lowest BCUT2D eigenvalue weighted by Crippen LogP contribution is -1.57. The average molecular weight is 68.6 g/mol. The van der Waals surface area contributed by atoms with E-state index < -0.39 is 0 Å². The lowest BCUT2D eigenvalue weighted by atomic mass is 10.2. The second-order valence-corrected chi connectivity index (χ2v) is 1.37. The lowest BCUT2D eigenvalue weighted by Gasteiger charge is -1.65. The first kappa shape index (κ1) is 4.56. The van der Waals surface area contributed by atoms with Crippen molar-refractivity contribution in [2.75, 3.05) is 0 Å². The molecule has 0 aromatic carbocycles. The first-order valence-corrected chi connectivity index (χ1v) is 2.31. The van der Waals surface area contributed by atoms with E-state index in [0.717, 1.165) is 0 Å². The van der Waals surface area contributed by atoms with E-state index in [1.54, 1.807) is 0 Å². The summed E-state index contributed by atoms with van der Waals surface area (Å²) in [6, 6.07) is 0. The summed E-state index contributed by atoms with van der Waals surface area (Å²) in [5, 5.41) is 0. The van der Waals surface area contributed by atoms with Crippen LogP contribution in [0.3, 0.4) is 0 Å². The predicted octanol–water partition coefficient (Wildman–Crippen LogP) is 0.416. The Labute approximate surface area is 30.7 Å². The minimum Gasteiger partial charge on any atom is -0.209 e. The maximum absolute atomic E-state index is 5.00. The van der Waals surface area contributed by atoms with Gasteiger partial charge in [-0.1, -0.05) is 6.82 Å². The summed E-state index contributed by atoms with van der Waals surface area (Å²) in [6.07, 6.45) is 0. The molecule has 1 unspecified atom stereocenters. The van der Waals surface area contributed by atoms with Crippen molar-refractivity contribution in [2.45, 2.75) is 6.82 Å². The maximum Gasteiger partial charge on any atom is 0.127 e. The van der Waals surface area contributed by atoms with Gasteiger partial charge in [-0.25, -0.2) is 8.34 Å². The maximum atomic E-state index is 5.00. The Kier molecular flexibility index (Phi) is 4.06. The van der Waals surface area contributed by atoms with E-state index in [1.807, 2.05) is 13.8 Å². The van der Waals surface area contributed by atoms with Gasteiger partial charge in [0.1, 0.15) is 7.00 Å². The Morgan fingerprint density at radius 2 is 2.25 bits per heavy atom. The molecule has 0 aliphatic rings. The average Bonchev–Trinajstić information content (AvgIpc) is 1.37. The largest absolute Gasteiger partial charge is 0.209 e. The molecule has 0 amide bonds. The Morgan fingerprint density at radius 1 is 2.00 bits per heavy atom. The molecule has 0 N–H and O–H groups in total. The molecule has 0 bridgehead atoms. The van der Waals surface area contributed by atoms with Gasteiger partial charge in [0, 0.05) is 0 Å². The minimum atomic E-state index is 0.515. The van der Waals surface area contributed by atoms with Crippen LogP contribution in [0.25, 0.3) is 0 Å². The topological polar surface area (TPSA) is 0 Å². The van der Waals surface area contributed by atoms with Crippen molar-refractivity contribution in [2.24, 2.45) is 0 Å². The molecule has 0 rings (SSSR count). The monoisotopic (exact) mass is 69.0 g/mol. The van der Waals surface area contributed by atoms with Gasteiger partial charge in [0.15, 0.2) is 0 Å². The van der Waals surface area contributed by atoms with Gasteiger partial charge in [0.25, 0.3) is 0 Å². The molecule has 0 heterocycles. The van der Waals surface area contributed by atoms with Gasteiger partial charge < -0.3 is 0 Å². The van der Waals surface area contributed by atoms with Crippen LogP contribution in [-0.2, 0) is 0 Å². The molecule has 0 saturated heterocycles. The van der Waals surface area contributed by atoms with Crippen molar-refractivity contribution >= 4 is 22.9 Å². The van der Waals surface area contributed by atoms with E-state index in [2.05, 4.69) is 0 Å². The van der Waals surface area contributed by atoms with Crippen LogP contribution in [0.1, 0.15) is 0 Å². The molecule has 3 radical (unpaired) electrons. The molecule has 0 aliphatic carbocycles. The highest BCUT2D eigenvalue weighted by Crippen LogP contribution is 1.90. The smallest absolute Gasteiger partial charge is 0.127 e. The first-order valence-electron chi connectivity index (χ1n) is 1.15. The third-order valence-electron chi connectivity index (χ3n) is 0.167. The third kappa shape index (κ3) is 2.56. The molecule has 19 valence electrons. The van der Waals surface area contributed by atoms with Gasteiger partial charge in [-0.05, 0) is 0 Å². The van der Waals surface area contributed by atoms with E-state index in [1.165, 1.54) is 0 Å². The second-order valence-electron chi connectivity index (χ2n) is 0.455. The molecule has 0 spiro atoms. The highest BCUT2D eigenvalue weighted by atomic mass is 31.1. The third-order valence-corrected chi connectivity index (χ3v) is 0.500. The molecule has 1 atom stereocenters. The Bertz CT molecular complexity index is 8.00. The summed E-state index contributed by atoms with van der Waals surface area (Å²) < 4.78 is 0. The van der Waals surface area contributed by atoms with Crippen LogP contribution >= 0.6 is 8.34 Å². The molecule has 0 fully saturated rings. The number of hydrogen-bond acceptors (Lipinski definition) is 0.